The highest BCUT2D eigenvalue weighted by Gasteiger charge is 2.08. The van der Waals surface area contributed by atoms with E-state index in [1.807, 2.05) is 18.2 Å². The molecule has 104 valence electrons. The van der Waals surface area contributed by atoms with Gasteiger partial charge in [-0.1, -0.05) is 41.9 Å². The minimum absolute atomic E-state index is 0.0360. The van der Waals surface area contributed by atoms with E-state index in [-0.39, 0.29) is 11.6 Å². The Kier molecular flexibility index (Phi) is 5.04. The van der Waals surface area contributed by atoms with Crippen LogP contribution in [0.1, 0.15) is 5.56 Å². The lowest BCUT2D eigenvalue weighted by atomic mass is 10.0. The fourth-order valence-electron chi connectivity index (χ4n) is 1.78. The first-order valence-corrected chi connectivity index (χ1v) is 7.44. The van der Waals surface area contributed by atoms with Crippen molar-refractivity contribution in [2.75, 3.05) is 5.75 Å². The largest absolute Gasteiger partial charge is 0.481 e. The maximum atomic E-state index is 14.0. The molecule has 5 heteroatoms. The van der Waals surface area contributed by atoms with Crippen LogP contribution in [0.2, 0.25) is 5.02 Å². The van der Waals surface area contributed by atoms with E-state index in [1.54, 1.807) is 18.2 Å². The molecule has 0 radical (unpaired) electrons. The standard InChI is InChI=1S/C15H12ClFO2S/c16-13-4-2-1-3-12(13)10-5-6-11(14(17)7-10)8-20-9-15(18)19/h1-7H,8-9H2,(H,18,19). The summed E-state index contributed by atoms with van der Waals surface area (Å²) in [6, 6.07) is 12.1. The predicted octanol–water partition coefficient (Wildman–Crippen LogP) is 4.46. The Morgan fingerprint density at radius 3 is 2.65 bits per heavy atom. The predicted molar refractivity (Wildman–Crippen MR) is 80.6 cm³/mol. The molecule has 0 saturated heterocycles. The molecular formula is C15H12ClFO2S. The molecule has 1 N–H and O–H groups in total. The van der Waals surface area contributed by atoms with Gasteiger partial charge in [0.05, 0.1) is 5.75 Å². The number of hydrogen-bond donors (Lipinski definition) is 1. The van der Waals surface area contributed by atoms with Crippen molar-refractivity contribution in [1.29, 1.82) is 0 Å². The van der Waals surface area contributed by atoms with E-state index in [0.29, 0.717) is 21.9 Å². The third-order valence-electron chi connectivity index (χ3n) is 2.72. The second-order valence-corrected chi connectivity index (χ2v) is 5.57. The van der Waals surface area contributed by atoms with Crippen LogP contribution in [-0.2, 0) is 10.5 Å². The molecule has 2 aromatic rings. The normalized spacial score (nSPS) is 10.5. The van der Waals surface area contributed by atoms with Gasteiger partial charge in [-0.15, -0.1) is 11.8 Å². The molecule has 0 aliphatic heterocycles. The van der Waals surface area contributed by atoms with E-state index >= 15 is 0 Å². The zero-order valence-corrected chi connectivity index (χ0v) is 12.0. The topological polar surface area (TPSA) is 37.3 Å². The van der Waals surface area contributed by atoms with Crippen LogP contribution in [0.15, 0.2) is 42.5 Å². The number of hydrogen-bond acceptors (Lipinski definition) is 2. The summed E-state index contributed by atoms with van der Waals surface area (Å²) in [7, 11) is 0. The average Bonchev–Trinajstić information content (AvgIpc) is 2.41. The Morgan fingerprint density at radius 2 is 2.00 bits per heavy atom. The Hall–Kier alpha value is -1.52. The fraction of sp³-hybridized carbons (Fsp3) is 0.133. The molecule has 0 spiro atoms. The van der Waals surface area contributed by atoms with Gasteiger partial charge < -0.3 is 5.11 Å². The van der Waals surface area contributed by atoms with Crippen LogP contribution in [0.5, 0.6) is 0 Å². The van der Waals surface area contributed by atoms with Crippen LogP contribution in [-0.4, -0.2) is 16.8 Å². The lowest BCUT2D eigenvalue weighted by Gasteiger charge is -2.07. The average molecular weight is 311 g/mol. The SMILES string of the molecule is O=C(O)CSCc1ccc(-c2ccccc2Cl)cc1F. The summed E-state index contributed by atoms with van der Waals surface area (Å²) in [4.78, 5) is 10.4. The number of carboxylic acid groups (broad SMARTS) is 1. The summed E-state index contributed by atoms with van der Waals surface area (Å²) < 4.78 is 14.0. The minimum atomic E-state index is -0.900. The molecule has 2 rings (SSSR count). The second-order valence-electron chi connectivity index (χ2n) is 4.17. The number of carboxylic acids is 1. The van der Waals surface area contributed by atoms with Crippen molar-refractivity contribution in [1.82, 2.24) is 0 Å². The van der Waals surface area contributed by atoms with Crippen molar-refractivity contribution in [3.63, 3.8) is 0 Å². The molecule has 2 aromatic carbocycles. The minimum Gasteiger partial charge on any atom is -0.481 e. The molecule has 0 aliphatic rings. The van der Waals surface area contributed by atoms with Crippen molar-refractivity contribution in [3.8, 4) is 11.1 Å². The molecule has 0 heterocycles. The molecule has 0 aliphatic carbocycles. The van der Waals surface area contributed by atoms with Crippen molar-refractivity contribution < 1.29 is 14.3 Å². The highest BCUT2D eigenvalue weighted by molar-refractivity contribution is 7.99. The maximum absolute atomic E-state index is 14.0. The smallest absolute Gasteiger partial charge is 0.313 e. The van der Waals surface area contributed by atoms with E-state index in [0.717, 1.165) is 5.56 Å². The number of carbonyl (C=O) groups is 1. The van der Waals surface area contributed by atoms with Gasteiger partial charge in [0.15, 0.2) is 0 Å². The first-order valence-electron chi connectivity index (χ1n) is 5.91. The van der Waals surface area contributed by atoms with Gasteiger partial charge in [0.1, 0.15) is 5.82 Å². The highest BCUT2D eigenvalue weighted by atomic mass is 35.5. The van der Waals surface area contributed by atoms with E-state index in [9.17, 15) is 9.18 Å². The van der Waals surface area contributed by atoms with E-state index in [2.05, 4.69) is 0 Å². The van der Waals surface area contributed by atoms with Gasteiger partial charge in [-0.25, -0.2) is 4.39 Å². The van der Waals surface area contributed by atoms with Crippen LogP contribution < -0.4 is 0 Å². The lowest BCUT2D eigenvalue weighted by Crippen LogP contribution is -1.99. The first kappa shape index (κ1) is 14.9. The third kappa shape index (κ3) is 3.74. The maximum Gasteiger partial charge on any atom is 0.313 e. The number of benzene rings is 2. The molecule has 0 amide bonds. The number of halogens is 2. The number of rotatable bonds is 5. The van der Waals surface area contributed by atoms with E-state index in [1.165, 1.54) is 17.8 Å². The van der Waals surface area contributed by atoms with Gasteiger partial charge in [-0.2, -0.15) is 0 Å². The molecule has 0 bridgehead atoms. The van der Waals surface area contributed by atoms with Crippen LogP contribution in [0.25, 0.3) is 11.1 Å². The van der Waals surface area contributed by atoms with Crippen LogP contribution in [0.4, 0.5) is 4.39 Å². The Labute approximate surface area is 125 Å². The van der Waals surface area contributed by atoms with Gasteiger partial charge in [0, 0.05) is 16.3 Å². The van der Waals surface area contributed by atoms with Gasteiger partial charge in [-0.05, 0) is 23.3 Å². The Bertz CT molecular complexity index is 631. The van der Waals surface area contributed by atoms with Gasteiger partial charge in [-0.3, -0.25) is 4.79 Å². The summed E-state index contributed by atoms with van der Waals surface area (Å²) in [5.74, 6) is -0.949. The summed E-state index contributed by atoms with van der Waals surface area (Å²) >= 11 is 7.25. The van der Waals surface area contributed by atoms with Crippen molar-refractivity contribution in [2.24, 2.45) is 0 Å². The molecular weight excluding hydrogens is 299 g/mol. The molecule has 0 fully saturated rings. The summed E-state index contributed by atoms with van der Waals surface area (Å²) in [6.45, 7) is 0. The monoisotopic (exact) mass is 310 g/mol. The lowest BCUT2D eigenvalue weighted by molar-refractivity contribution is -0.133. The molecule has 0 unspecified atom stereocenters. The quantitative estimate of drug-likeness (QED) is 0.885. The summed E-state index contributed by atoms with van der Waals surface area (Å²) in [5, 5.41) is 9.12. The van der Waals surface area contributed by atoms with Crippen LogP contribution >= 0.6 is 23.4 Å². The second kappa shape index (κ2) is 6.77. The van der Waals surface area contributed by atoms with E-state index < -0.39 is 5.97 Å². The summed E-state index contributed by atoms with van der Waals surface area (Å²) in [5.41, 5.74) is 1.98. The first-order chi connectivity index (χ1) is 9.58. The van der Waals surface area contributed by atoms with Gasteiger partial charge in [0.25, 0.3) is 0 Å². The molecule has 2 nitrogen and oxygen atoms in total. The van der Waals surface area contributed by atoms with E-state index in [4.69, 9.17) is 16.7 Å². The highest BCUT2D eigenvalue weighted by Crippen LogP contribution is 2.29. The van der Waals surface area contributed by atoms with Gasteiger partial charge in [0.2, 0.25) is 0 Å². The Balaban J connectivity index is 2.18. The molecule has 20 heavy (non-hydrogen) atoms. The zero-order chi connectivity index (χ0) is 14.5. The summed E-state index contributed by atoms with van der Waals surface area (Å²) in [6.07, 6.45) is 0. The molecule has 0 aromatic heterocycles. The Morgan fingerprint density at radius 1 is 1.25 bits per heavy atom. The van der Waals surface area contributed by atoms with Crippen LogP contribution in [0.3, 0.4) is 0 Å². The molecule has 0 atom stereocenters. The fourth-order valence-corrected chi connectivity index (χ4v) is 2.75. The number of aliphatic carboxylic acids is 1. The zero-order valence-electron chi connectivity index (χ0n) is 10.5. The van der Waals surface area contributed by atoms with Crippen molar-refractivity contribution >= 4 is 29.3 Å². The van der Waals surface area contributed by atoms with Crippen LogP contribution in [0, 0.1) is 5.82 Å². The van der Waals surface area contributed by atoms with Crippen molar-refractivity contribution in [2.45, 2.75) is 5.75 Å². The van der Waals surface area contributed by atoms with Crippen molar-refractivity contribution in [3.05, 3.63) is 58.9 Å². The number of thioether (sulfide) groups is 1. The van der Waals surface area contributed by atoms with Gasteiger partial charge >= 0.3 is 5.97 Å². The molecule has 0 saturated carbocycles. The third-order valence-corrected chi connectivity index (χ3v) is 4.02.